The number of nitrogens with one attached hydrogen (secondary N) is 1. The maximum Gasteiger partial charge on any atom is 0.123 e. The van der Waals surface area contributed by atoms with Gasteiger partial charge in [0.25, 0.3) is 0 Å². The van der Waals surface area contributed by atoms with Crippen LogP contribution in [0.4, 0.5) is 0 Å². The zero-order chi connectivity index (χ0) is 15.0. The Morgan fingerprint density at radius 1 is 1.29 bits per heavy atom. The van der Waals surface area contributed by atoms with E-state index < -0.39 is 0 Å². The van der Waals surface area contributed by atoms with Gasteiger partial charge in [0.1, 0.15) is 5.75 Å². The third-order valence-electron chi connectivity index (χ3n) is 4.85. The molecule has 1 aliphatic heterocycles. The lowest BCUT2D eigenvalue weighted by atomic mass is 9.96. The molecule has 0 saturated heterocycles. The maximum atomic E-state index is 5.82. The van der Waals surface area contributed by atoms with Gasteiger partial charge in [0.2, 0.25) is 0 Å². The lowest BCUT2D eigenvalue weighted by Gasteiger charge is -2.28. The molecule has 1 aromatic heterocycles. The summed E-state index contributed by atoms with van der Waals surface area (Å²) in [4.78, 5) is 5.87. The average Bonchev–Trinajstić information content (AvgIpc) is 2.89. The molecular formula is C18H26N2O. The Kier molecular flexibility index (Phi) is 3.94. The van der Waals surface area contributed by atoms with Crippen LogP contribution >= 0.6 is 0 Å². The highest BCUT2D eigenvalue weighted by Gasteiger charge is 2.19. The summed E-state index contributed by atoms with van der Waals surface area (Å²) in [5, 5.41) is 1.40. The van der Waals surface area contributed by atoms with Crippen LogP contribution in [0.1, 0.15) is 38.3 Å². The first-order valence-corrected chi connectivity index (χ1v) is 8.04. The van der Waals surface area contributed by atoms with Crippen LogP contribution in [0.5, 0.6) is 5.75 Å². The van der Waals surface area contributed by atoms with Gasteiger partial charge in [0, 0.05) is 34.7 Å². The molecule has 3 heteroatoms. The van der Waals surface area contributed by atoms with E-state index in [0.717, 1.165) is 31.6 Å². The van der Waals surface area contributed by atoms with Crippen LogP contribution in [0.3, 0.4) is 0 Å². The largest absolute Gasteiger partial charge is 0.493 e. The number of likely N-dealkylation sites (N-methyl/N-ethyl adjacent to an activating group) is 1. The van der Waals surface area contributed by atoms with Gasteiger partial charge in [-0.05, 0) is 64.8 Å². The Balaban J connectivity index is 1.96. The molecule has 2 aromatic rings. The Morgan fingerprint density at radius 2 is 2.10 bits per heavy atom. The van der Waals surface area contributed by atoms with Gasteiger partial charge in [-0.1, -0.05) is 0 Å². The standard InChI is InChI=1S/C18H26N2O/c1-12(2)20(4)13(3)10-14-11-19-16-7-8-17-15(18(14)16)6-5-9-21-17/h7-8,11-13,19H,5-6,9-10H2,1-4H3. The van der Waals surface area contributed by atoms with Gasteiger partial charge in [0.05, 0.1) is 6.61 Å². The van der Waals surface area contributed by atoms with Crippen LogP contribution in [0.2, 0.25) is 0 Å². The number of aromatic nitrogens is 1. The number of H-pyrrole nitrogens is 1. The van der Waals surface area contributed by atoms with Crippen LogP contribution in [0, 0.1) is 0 Å². The quantitative estimate of drug-likeness (QED) is 0.927. The van der Waals surface area contributed by atoms with Crippen molar-refractivity contribution in [3.05, 3.63) is 29.5 Å². The molecule has 1 atom stereocenters. The fourth-order valence-electron chi connectivity index (χ4n) is 3.30. The number of hydrogen-bond donors (Lipinski definition) is 1. The SMILES string of the molecule is CC(C)N(C)C(C)Cc1c[nH]c2ccc3c(c12)CCCO3. The monoisotopic (exact) mass is 286 g/mol. The molecule has 0 bridgehead atoms. The smallest absolute Gasteiger partial charge is 0.123 e. The number of fused-ring (bicyclic) bond motifs is 3. The lowest BCUT2D eigenvalue weighted by molar-refractivity contribution is 0.207. The number of aromatic amines is 1. The fraction of sp³-hybridized carbons (Fsp3) is 0.556. The molecule has 0 saturated carbocycles. The van der Waals surface area contributed by atoms with Crippen LogP contribution in [-0.4, -0.2) is 35.6 Å². The summed E-state index contributed by atoms with van der Waals surface area (Å²) in [7, 11) is 2.21. The second-order valence-corrected chi connectivity index (χ2v) is 6.54. The normalized spacial score (nSPS) is 16.3. The fourth-order valence-corrected chi connectivity index (χ4v) is 3.30. The van der Waals surface area contributed by atoms with Gasteiger partial charge in [0.15, 0.2) is 0 Å². The van der Waals surface area contributed by atoms with E-state index in [9.17, 15) is 0 Å². The predicted molar refractivity (Wildman–Crippen MR) is 88.2 cm³/mol. The minimum absolute atomic E-state index is 0.532. The van der Waals surface area contributed by atoms with Crippen molar-refractivity contribution < 1.29 is 4.74 Å². The molecular weight excluding hydrogens is 260 g/mol. The number of benzene rings is 1. The zero-order valence-corrected chi connectivity index (χ0v) is 13.6. The number of nitrogens with zero attached hydrogens (tertiary/aromatic N) is 1. The number of rotatable bonds is 4. The van der Waals surface area contributed by atoms with E-state index in [1.54, 1.807) is 0 Å². The molecule has 114 valence electrons. The van der Waals surface area contributed by atoms with Gasteiger partial charge < -0.3 is 14.6 Å². The first kappa shape index (κ1) is 14.5. The molecule has 0 radical (unpaired) electrons. The van der Waals surface area contributed by atoms with E-state index in [2.05, 4.69) is 56.0 Å². The zero-order valence-electron chi connectivity index (χ0n) is 13.6. The van der Waals surface area contributed by atoms with Gasteiger partial charge in [-0.3, -0.25) is 0 Å². The summed E-state index contributed by atoms with van der Waals surface area (Å²) < 4.78 is 5.82. The third kappa shape index (κ3) is 2.67. The van der Waals surface area contributed by atoms with E-state index >= 15 is 0 Å². The van der Waals surface area contributed by atoms with E-state index in [4.69, 9.17) is 4.74 Å². The maximum absolute atomic E-state index is 5.82. The molecule has 1 unspecified atom stereocenters. The lowest BCUT2D eigenvalue weighted by Crippen LogP contribution is -2.36. The summed E-state index contributed by atoms with van der Waals surface area (Å²) >= 11 is 0. The Bertz CT molecular complexity index is 629. The van der Waals surface area contributed by atoms with Crippen LogP contribution in [-0.2, 0) is 12.8 Å². The summed E-state index contributed by atoms with van der Waals surface area (Å²) in [6.45, 7) is 7.67. The number of aryl methyl sites for hydroxylation is 1. The molecule has 1 N–H and O–H groups in total. The van der Waals surface area contributed by atoms with Crippen molar-refractivity contribution in [1.82, 2.24) is 9.88 Å². The molecule has 0 spiro atoms. The molecule has 3 nitrogen and oxygen atoms in total. The summed E-state index contributed by atoms with van der Waals surface area (Å²) in [6.07, 6.45) is 5.51. The second kappa shape index (κ2) is 5.72. The highest BCUT2D eigenvalue weighted by molar-refractivity contribution is 5.89. The van der Waals surface area contributed by atoms with Crippen molar-refractivity contribution in [2.24, 2.45) is 0 Å². The summed E-state index contributed by atoms with van der Waals surface area (Å²) in [6, 6.07) is 5.37. The number of ether oxygens (including phenoxy) is 1. The second-order valence-electron chi connectivity index (χ2n) is 6.54. The molecule has 0 amide bonds. The van der Waals surface area contributed by atoms with Crippen molar-refractivity contribution in [3.8, 4) is 5.75 Å². The first-order valence-electron chi connectivity index (χ1n) is 8.04. The predicted octanol–water partition coefficient (Wildman–Crippen LogP) is 3.76. The molecule has 2 heterocycles. The van der Waals surface area contributed by atoms with Gasteiger partial charge >= 0.3 is 0 Å². The van der Waals surface area contributed by atoms with Crippen molar-refractivity contribution in [3.63, 3.8) is 0 Å². The van der Waals surface area contributed by atoms with E-state index in [1.165, 1.54) is 22.0 Å². The van der Waals surface area contributed by atoms with Gasteiger partial charge in [-0.2, -0.15) is 0 Å². The molecule has 0 aliphatic carbocycles. The van der Waals surface area contributed by atoms with Crippen LogP contribution in [0.25, 0.3) is 10.9 Å². The van der Waals surface area contributed by atoms with Crippen LogP contribution in [0.15, 0.2) is 18.3 Å². The highest BCUT2D eigenvalue weighted by atomic mass is 16.5. The van der Waals surface area contributed by atoms with Crippen molar-refractivity contribution >= 4 is 10.9 Å². The summed E-state index contributed by atoms with van der Waals surface area (Å²) in [5.41, 5.74) is 4.07. The van der Waals surface area contributed by atoms with Gasteiger partial charge in [-0.25, -0.2) is 0 Å². The molecule has 21 heavy (non-hydrogen) atoms. The van der Waals surface area contributed by atoms with Gasteiger partial charge in [-0.15, -0.1) is 0 Å². The molecule has 1 aromatic carbocycles. The minimum atomic E-state index is 0.532. The Hall–Kier alpha value is -1.48. The average molecular weight is 286 g/mol. The molecule has 3 rings (SSSR count). The van der Waals surface area contributed by atoms with Crippen molar-refractivity contribution in [2.45, 2.75) is 52.1 Å². The minimum Gasteiger partial charge on any atom is -0.493 e. The van der Waals surface area contributed by atoms with Crippen LogP contribution < -0.4 is 4.74 Å². The highest BCUT2D eigenvalue weighted by Crippen LogP contribution is 2.34. The molecule has 1 aliphatic rings. The third-order valence-corrected chi connectivity index (χ3v) is 4.85. The Morgan fingerprint density at radius 3 is 2.86 bits per heavy atom. The molecule has 0 fully saturated rings. The topological polar surface area (TPSA) is 28.3 Å². The number of hydrogen-bond acceptors (Lipinski definition) is 2. The van der Waals surface area contributed by atoms with E-state index in [-0.39, 0.29) is 0 Å². The van der Waals surface area contributed by atoms with E-state index in [1.807, 2.05) is 0 Å². The summed E-state index contributed by atoms with van der Waals surface area (Å²) in [5.74, 6) is 1.08. The Labute approximate surface area is 127 Å². The first-order chi connectivity index (χ1) is 10.1. The van der Waals surface area contributed by atoms with Crippen molar-refractivity contribution in [2.75, 3.05) is 13.7 Å². The van der Waals surface area contributed by atoms with E-state index in [0.29, 0.717) is 12.1 Å². The van der Waals surface area contributed by atoms with Crippen molar-refractivity contribution in [1.29, 1.82) is 0 Å².